The van der Waals surface area contributed by atoms with E-state index in [4.69, 9.17) is 14.2 Å². The Bertz CT molecular complexity index is 1270. The third-order valence-corrected chi connectivity index (χ3v) is 4.94. The summed E-state index contributed by atoms with van der Waals surface area (Å²) >= 11 is 0. The number of benzene rings is 2. The molecular weight excluding hydrogens is 472 g/mol. The maximum Gasteiger partial charge on any atom is 0.339 e. The largest absolute Gasteiger partial charge is 0.473 e. The molecule has 9 heteroatoms. The molecule has 9 nitrogen and oxygen atoms in total. The Morgan fingerprint density at radius 3 is 2.08 bits per heavy atom. The van der Waals surface area contributed by atoms with E-state index in [-0.39, 0.29) is 48.3 Å². The molecule has 2 heterocycles. The number of rotatable bonds is 10. The first-order valence-corrected chi connectivity index (χ1v) is 11.7. The molecule has 2 aromatic heterocycles. The van der Waals surface area contributed by atoms with Crippen LogP contribution >= 0.6 is 0 Å². The number of carbonyl (C=O) groups excluding carboxylic acids is 2. The van der Waals surface area contributed by atoms with Gasteiger partial charge in [0.05, 0.1) is 11.7 Å². The number of aromatic nitrogens is 3. The van der Waals surface area contributed by atoms with Gasteiger partial charge in [0.1, 0.15) is 24.7 Å². The van der Waals surface area contributed by atoms with Crippen LogP contribution in [0.2, 0.25) is 0 Å². The number of anilines is 1. The van der Waals surface area contributed by atoms with Gasteiger partial charge in [-0.15, -0.1) is 0 Å². The van der Waals surface area contributed by atoms with E-state index in [1.165, 1.54) is 24.4 Å². The lowest BCUT2D eigenvalue weighted by atomic mass is 10.2. The lowest BCUT2D eigenvalue weighted by Gasteiger charge is -2.11. The van der Waals surface area contributed by atoms with Crippen molar-refractivity contribution in [2.24, 2.45) is 0 Å². The van der Waals surface area contributed by atoms with E-state index in [2.05, 4.69) is 20.3 Å². The summed E-state index contributed by atoms with van der Waals surface area (Å²) in [6, 6.07) is 23.6. The van der Waals surface area contributed by atoms with Crippen molar-refractivity contribution in [2.75, 3.05) is 5.32 Å². The van der Waals surface area contributed by atoms with Crippen LogP contribution in [0.1, 0.15) is 45.8 Å². The van der Waals surface area contributed by atoms with Crippen LogP contribution in [0.25, 0.3) is 0 Å². The van der Waals surface area contributed by atoms with Gasteiger partial charge in [-0.2, -0.15) is 9.97 Å². The number of nitrogens with one attached hydrogen (secondary N) is 1. The molecule has 37 heavy (non-hydrogen) atoms. The fourth-order valence-electron chi connectivity index (χ4n) is 3.16. The van der Waals surface area contributed by atoms with Gasteiger partial charge >= 0.3 is 12.0 Å². The summed E-state index contributed by atoms with van der Waals surface area (Å²) in [6.07, 6.45) is 1.09. The SMILES string of the molecule is CC(C)OC(=O)c1ccc(NC(=O)c2cc(OCc3ccccc3)nc(OCc3ccccc3)n2)nc1. The first-order chi connectivity index (χ1) is 18.0. The van der Waals surface area contributed by atoms with Crippen molar-refractivity contribution < 1.29 is 23.8 Å². The Morgan fingerprint density at radius 1 is 0.838 bits per heavy atom. The topological polar surface area (TPSA) is 113 Å². The maximum absolute atomic E-state index is 13.0. The Kier molecular flexibility index (Phi) is 8.38. The number of carbonyl (C=O) groups is 2. The van der Waals surface area contributed by atoms with Crippen LogP contribution in [-0.2, 0) is 18.0 Å². The summed E-state index contributed by atoms with van der Waals surface area (Å²) in [5.41, 5.74) is 2.18. The molecule has 0 aliphatic carbocycles. The zero-order chi connectivity index (χ0) is 26.0. The van der Waals surface area contributed by atoms with Gasteiger partial charge in [0, 0.05) is 12.3 Å². The zero-order valence-electron chi connectivity index (χ0n) is 20.5. The highest BCUT2D eigenvalue weighted by molar-refractivity contribution is 6.02. The first-order valence-electron chi connectivity index (χ1n) is 11.7. The van der Waals surface area contributed by atoms with E-state index in [1.54, 1.807) is 13.8 Å². The number of esters is 1. The summed E-state index contributed by atoms with van der Waals surface area (Å²) in [5.74, 6) is -0.604. The molecule has 0 aliphatic heterocycles. The Labute approximate surface area is 214 Å². The van der Waals surface area contributed by atoms with Crippen LogP contribution in [0, 0.1) is 0 Å². The third kappa shape index (κ3) is 7.60. The predicted molar refractivity (Wildman–Crippen MR) is 136 cm³/mol. The number of pyridine rings is 1. The molecule has 0 aliphatic rings. The molecule has 0 unspecified atom stereocenters. The molecule has 0 atom stereocenters. The minimum absolute atomic E-state index is 0.000646. The second kappa shape index (κ2) is 12.3. The molecule has 0 spiro atoms. The molecule has 0 saturated carbocycles. The summed E-state index contributed by atoms with van der Waals surface area (Å²) in [7, 11) is 0. The normalized spacial score (nSPS) is 10.6. The average Bonchev–Trinajstić information content (AvgIpc) is 2.92. The summed E-state index contributed by atoms with van der Waals surface area (Å²) < 4.78 is 16.7. The zero-order valence-corrected chi connectivity index (χ0v) is 20.5. The van der Waals surface area contributed by atoms with Crippen molar-refractivity contribution in [3.05, 3.63) is 107 Å². The Morgan fingerprint density at radius 2 is 1.49 bits per heavy atom. The Hall–Kier alpha value is -4.79. The second-order valence-electron chi connectivity index (χ2n) is 8.26. The molecule has 1 N–H and O–H groups in total. The number of amides is 1. The van der Waals surface area contributed by atoms with E-state index in [0.29, 0.717) is 0 Å². The number of nitrogens with zero attached hydrogens (tertiary/aromatic N) is 3. The summed E-state index contributed by atoms with van der Waals surface area (Å²) in [4.78, 5) is 37.7. The number of ether oxygens (including phenoxy) is 3. The van der Waals surface area contributed by atoms with Crippen molar-refractivity contribution in [1.29, 1.82) is 0 Å². The smallest absolute Gasteiger partial charge is 0.339 e. The Balaban J connectivity index is 1.50. The van der Waals surface area contributed by atoms with Crippen molar-refractivity contribution in [2.45, 2.75) is 33.2 Å². The summed E-state index contributed by atoms with van der Waals surface area (Å²) in [5, 5.41) is 2.66. The van der Waals surface area contributed by atoms with Gasteiger partial charge in [0.2, 0.25) is 5.88 Å². The molecule has 0 bridgehead atoms. The van der Waals surface area contributed by atoms with E-state index >= 15 is 0 Å². The van der Waals surface area contributed by atoms with E-state index < -0.39 is 11.9 Å². The van der Waals surface area contributed by atoms with Gasteiger partial charge in [0.15, 0.2) is 0 Å². The lowest BCUT2D eigenvalue weighted by Crippen LogP contribution is -2.17. The van der Waals surface area contributed by atoms with Crippen molar-refractivity contribution in [1.82, 2.24) is 15.0 Å². The van der Waals surface area contributed by atoms with Crippen LogP contribution < -0.4 is 14.8 Å². The molecular formula is C28H26N4O5. The number of hydrogen-bond donors (Lipinski definition) is 1. The molecule has 1 amide bonds. The van der Waals surface area contributed by atoms with Crippen LogP contribution in [0.5, 0.6) is 11.9 Å². The first kappa shape index (κ1) is 25.3. The third-order valence-electron chi connectivity index (χ3n) is 4.94. The van der Waals surface area contributed by atoms with Crippen molar-refractivity contribution in [3.63, 3.8) is 0 Å². The summed E-state index contributed by atoms with van der Waals surface area (Å²) in [6.45, 7) is 4.00. The van der Waals surface area contributed by atoms with Crippen LogP contribution in [0.3, 0.4) is 0 Å². The molecule has 188 valence electrons. The highest BCUT2D eigenvalue weighted by Gasteiger charge is 2.16. The van der Waals surface area contributed by atoms with Gasteiger partial charge in [-0.25, -0.2) is 9.78 Å². The van der Waals surface area contributed by atoms with Crippen molar-refractivity contribution in [3.8, 4) is 11.9 Å². The lowest BCUT2D eigenvalue weighted by molar-refractivity contribution is 0.0377. The molecule has 4 aromatic rings. The molecule has 0 radical (unpaired) electrons. The van der Waals surface area contributed by atoms with Crippen molar-refractivity contribution >= 4 is 17.7 Å². The van der Waals surface area contributed by atoms with Crippen LogP contribution in [0.4, 0.5) is 5.82 Å². The molecule has 0 saturated heterocycles. The van der Waals surface area contributed by atoms with Crippen LogP contribution in [0.15, 0.2) is 85.1 Å². The fourth-order valence-corrected chi connectivity index (χ4v) is 3.16. The standard InChI is InChI=1S/C28H26N4O5/c1-19(2)37-27(34)22-13-14-24(29-16-22)31-26(33)23-15-25(35-17-20-9-5-3-6-10-20)32-28(30-23)36-18-21-11-7-4-8-12-21/h3-16,19H,17-18H2,1-2H3,(H,29,31,33). The molecule has 4 rings (SSSR count). The fraction of sp³-hybridized carbons (Fsp3) is 0.179. The minimum atomic E-state index is -0.540. The maximum atomic E-state index is 13.0. The van der Waals surface area contributed by atoms with Gasteiger partial charge < -0.3 is 19.5 Å². The minimum Gasteiger partial charge on any atom is -0.473 e. The average molecular weight is 499 g/mol. The van der Waals surface area contributed by atoms with Gasteiger partial charge in [-0.05, 0) is 37.1 Å². The predicted octanol–water partition coefficient (Wildman–Crippen LogP) is 4.85. The second-order valence-corrected chi connectivity index (χ2v) is 8.26. The van der Waals surface area contributed by atoms with E-state index in [0.717, 1.165) is 11.1 Å². The number of hydrogen-bond acceptors (Lipinski definition) is 8. The van der Waals surface area contributed by atoms with E-state index in [9.17, 15) is 9.59 Å². The van der Waals surface area contributed by atoms with E-state index in [1.807, 2.05) is 60.7 Å². The highest BCUT2D eigenvalue weighted by atomic mass is 16.5. The van der Waals surface area contributed by atoms with Gasteiger partial charge in [0.25, 0.3) is 5.91 Å². The monoisotopic (exact) mass is 498 g/mol. The highest BCUT2D eigenvalue weighted by Crippen LogP contribution is 2.18. The molecule has 0 fully saturated rings. The quantitative estimate of drug-likeness (QED) is 0.309. The molecule has 2 aromatic carbocycles. The van der Waals surface area contributed by atoms with Crippen LogP contribution in [-0.4, -0.2) is 32.9 Å². The van der Waals surface area contributed by atoms with Gasteiger partial charge in [-0.3, -0.25) is 4.79 Å². The van der Waals surface area contributed by atoms with Gasteiger partial charge in [-0.1, -0.05) is 60.7 Å².